The SMILES string of the molecule is C1=C(c2ccsc2)CC2C(=C1)c1ccccc12. The molecule has 1 atom stereocenters. The van der Waals surface area contributed by atoms with Crippen molar-refractivity contribution in [2.75, 3.05) is 0 Å². The second kappa shape index (κ2) is 3.44. The molecule has 2 aliphatic carbocycles. The van der Waals surface area contributed by atoms with E-state index in [0.717, 1.165) is 0 Å². The Kier molecular flexibility index (Phi) is 1.91. The summed E-state index contributed by atoms with van der Waals surface area (Å²) >= 11 is 1.78. The molecule has 0 saturated heterocycles. The number of thiophene rings is 1. The van der Waals surface area contributed by atoms with Gasteiger partial charge < -0.3 is 0 Å². The van der Waals surface area contributed by atoms with Gasteiger partial charge in [0.05, 0.1) is 0 Å². The Morgan fingerprint density at radius 3 is 2.88 bits per heavy atom. The zero-order valence-electron chi connectivity index (χ0n) is 9.39. The van der Waals surface area contributed by atoms with Gasteiger partial charge in [-0.1, -0.05) is 36.4 Å². The largest absolute Gasteiger partial charge is 0.152 e. The average Bonchev–Trinajstić information content (AvgIpc) is 2.89. The van der Waals surface area contributed by atoms with Crippen LogP contribution in [-0.4, -0.2) is 0 Å². The van der Waals surface area contributed by atoms with Crippen LogP contribution in [0.4, 0.5) is 0 Å². The zero-order chi connectivity index (χ0) is 11.2. The summed E-state index contributed by atoms with van der Waals surface area (Å²) in [4.78, 5) is 0. The monoisotopic (exact) mass is 236 g/mol. The van der Waals surface area contributed by atoms with Crippen molar-refractivity contribution < 1.29 is 0 Å². The summed E-state index contributed by atoms with van der Waals surface area (Å²) in [6.45, 7) is 0. The molecule has 1 unspecified atom stereocenters. The Balaban J connectivity index is 1.77. The summed E-state index contributed by atoms with van der Waals surface area (Å²) in [6.07, 6.45) is 5.77. The molecule has 1 aromatic carbocycles. The lowest BCUT2D eigenvalue weighted by Crippen LogP contribution is -2.18. The third-order valence-electron chi connectivity index (χ3n) is 3.80. The second-order valence-electron chi connectivity index (χ2n) is 4.67. The number of rotatable bonds is 1. The molecule has 1 heteroatoms. The Morgan fingerprint density at radius 1 is 1.06 bits per heavy atom. The second-order valence-corrected chi connectivity index (χ2v) is 5.45. The Bertz CT molecular complexity index is 629. The fourth-order valence-corrected chi connectivity index (χ4v) is 3.59. The highest BCUT2D eigenvalue weighted by atomic mass is 32.1. The van der Waals surface area contributed by atoms with Gasteiger partial charge in [-0.25, -0.2) is 0 Å². The summed E-state index contributed by atoms with van der Waals surface area (Å²) in [5, 5.41) is 4.40. The normalized spacial score (nSPS) is 20.8. The van der Waals surface area contributed by atoms with E-state index >= 15 is 0 Å². The molecule has 4 rings (SSSR count). The molecule has 0 spiro atoms. The van der Waals surface area contributed by atoms with E-state index in [-0.39, 0.29) is 0 Å². The molecule has 1 aromatic heterocycles. The van der Waals surface area contributed by atoms with Crippen LogP contribution in [0.3, 0.4) is 0 Å². The smallest absolute Gasteiger partial charge is 0.0142 e. The molecule has 0 saturated carbocycles. The Labute approximate surface area is 105 Å². The molecule has 2 aliphatic rings. The topological polar surface area (TPSA) is 0 Å². The van der Waals surface area contributed by atoms with Crippen LogP contribution < -0.4 is 0 Å². The Morgan fingerprint density at radius 2 is 2.00 bits per heavy atom. The summed E-state index contributed by atoms with van der Waals surface area (Å²) in [5.41, 5.74) is 7.39. The van der Waals surface area contributed by atoms with E-state index in [1.165, 1.54) is 34.3 Å². The van der Waals surface area contributed by atoms with Crippen molar-refractivity contribution in [3.63, 3.8) is 0 Å². The maximum atomic E-state index is 2.31. The zero-order valence-corrected chi connectivity index (χ0v) is 10.2. The molecular formula is C16H12S. The summed E-state index contributed by atoms with van der Waals surface area (Å²) < 4.78 is 0. The summed E-state index contributed by atoms with van der Waals surface area (Å²) in [7, 11) is 0. The van der Waals surface area contributed by atoms with E-state index in [4.69, 9.17) is 0 Å². The van der Waals surface area contributed by atoms with Crippen molar-refractivity contribution in [2.24, 2.45) is 0 Å². The maximum absolute atomic E-state index is 2.31. The lowest BCUT2D eigenvalue weighted by atomic mass is 9.67. The highest BCUT2D eigenvalue weighted by Crippen LogP contribution is 2.52. The average molecular weight is 236 g/mol. The molecule has 0 N–H and O–H groups in total. The number of fused-ring (bicyclic) bond motifs is 4. The molecule has 2 aromatic rings. The van der Waals surface area contributed by atoms with Crippen LogP contribution in [0.1, 0.15) is 29.0 Å². The van der Waals surface area contributed by atoms with Crippen molar-refractivity contribution in [3.05, 3.63) is 69.9 Å². The first-order chi connectivity index (χ1) is 8.43. The van der Waals surface area contributed by atoms with Crippen LogP contribution in [0.5, 0.6) is 0 Å². The quantitative estimate of drug-likeness (QED) is 0.672. The summed E-state index contributed by atoms with van der Waals surface area (Å²) in [5.74, 6) is 0.645. The predicted molar refractivity (Wildman–Crippen MR) is 74.1 cm³/mol. The molecule has 0 aliphatic heterocycles. The van der Waals surface area contributed by atoms with Crippen LogP contribution in [0.2, 0.25) is 0 Å². The molecule has 0 fully saturated rings. The van der Waals surface area contributed by atoms with Crippen LogP contribution in [0.15, 0.2) is 53.2 Å². The molecule has 0 amide bonds. The van der Waals surface area contributed by atoms with Gasteiger partial charge in [-0.05, 0) is 51.1 Å². The van der Waals surface area contributed by atoms with E-state index in [9.17, 15) is 0 Å². The molecule has 1 heterocycles. The minimum Gasteiger partial charge on any atom is -0.152 e. The first-order valence-corrected chi connectivity index (χ1v) is 6.90. The Hall–Kier alpha value is -1.60. The molecule has 0 bridgehead atoms. The van der Waals surface area contributed by atoms with Gasteiger partial charge in [-0.3, -0.25) is 0 Å². The van der Waals surface area contributed by atoms with Gasteiger partial charge in [-0.2, -0.15) is 11.3 Å². The minimum atomic E-state index is 0.645. The minimum absolute atomic E-state index is 0.645. The molecule has 17 heavy (non-hydrogen) atoms. The highest BCUT2D eigenvalue weighted by molar-refractivity contribution is 7.08. The van der Waals surface area contributed by atoms with Gasteiger partial charge in [0.2, 0.25) is 0 Å². The maximum Gasteiger partial charge on any atom is 0.0142 e. The van der Waals surface area contributed by atoms with Crippen molar-refractivity contribution in [2.45, 2.75) is 12.3 Å². The van der Waals surface area contributed by atoms with Crippen molar-refractivity contribution in [1.82, 2.24) is 0 Å². The molecule has 82 valence electrons. The van der Waals surface area contributed by atoms with Crippen LogP contribution >= 0.6 is 11.3 Å². The first-order valence-electron chi connectivity index (χ1n) is 5.96. The first kappa shape index (κ1) is 9.43. The van der Waals surface area contributed by atoms with Gasteiger partial charge in [-0.15, -0.1) is 0 Å². The summed E-state index contributed by atoms with van der Waals surface area (Å²) in [6, 6.07) is 11.0. The van der Waals surface area contributed by atoms with Gasteiger partial charge in [0.25, 0.3) is 0 Å². The van der Waals surface area contributed by atoms with E-state index < -0.39 is 0 Å². The predicted octanol–water partition coefficient (Wildman–Crippen LogP) is 4.72. The van der Waals surface area contributed by atoms with Gasteiger partial charge in [0.15, 0.2) is 0 Å². The number of hydrogen-bond acceptors (Lipinski definition) is 1. The van der Waals surface area contributed by atoms with Gasteiger partial charge in [0.1, 0.15) is 0 Å². The van der Waals surface area contributed by atoms with E-state index in [1.807, 2.05) is 0 Å². The standard InChI is InChI=1S/C16H12S/c1-2-4-14-13(3-1)15-6-5-11(9-16(14)15)12-7-8-17-10-12/h1-8,10,16H,9H2. The fourth-order valence-electron chi connectivity index (χ4n) is 2.91. The molecule has 0 radical (unpaired) electrons. The van der Waals surface area contributed by atoms with E-state index in [1.54, 1.807) is 11.3 Å². The molecule has 0 nitrogen and oxygen atoms in total. The van der Waals surface area contributed by atoms with Crippen LogP contribution in [-0.2, 0) is 0 Å². The highest BCUT2D eigenvalue weighted by Gasteiger charge is 2.33. The lowest BCUT2D eigenvalue weighted by molar-refractivity contribution is 0.833. The van der Waals surface area contributed by atoms with Gasteiger partial charge in [0, 0.05) is 5.92 Å². The van der Waals surface area contributed by atoms with Crippen molar-refractivity contribution in [1.29, 1.82) is 0 Å². The fraction of sp³-hybridized carbons (Fsp3) is 0.125. The number of allylic oxidation sites excluding steroid dienone is 4. The van der Waals surface area contributed by atoms with Crippen molar-refractivity contribution in [3.8, 4) is 0 Å². The lowest BCUT2D eigenvalue weighted by Gasteiger charge is -2.36. The third-order valence-corrected chi connectivity index (χ3v) is 4.49. The van der Waals surface area contributed by atoms with Gasteiger partial charge >= 0.3 is 0 Å². The van der Waals surface area contributed by atoms with Crippen LogP contribution in [0, 0.1) is 0 Å². The van der Waals surface area contributed by atoms with Crippen LogP contribution in [0.25, 0.3) is 11.1 Å². The third kappa shape index (κ3) is 1.29. The van der Waals surface area contributed by atoms with E-state index in [0.29, 0.717) is 5.92 Å². The molecular weight excluding hydrogens is 224 g/mol. The van der Waals surface area contributed by atoms with Crippen molar-refractivity contribution >= 4 is 22.5 Å². The number of benzene rings is 1. The number of hydrogen-bond donors (Lipinski definition) is 0. The van der Waals surface area contributed by atoms with E-state index in [2.05, 4.69) is 53.2 Å².